The molecule has 0 aliphatic carbocycles. The molecule has 16 heavy (non-hydrogen) atoms. The zero-order chi connectivity index (χ0) is 12.3. The van der Waals surface area contributed by atoms with E-state index in [0.717, 1.165) is 5.69 Å². The lowest BCUT2D eigenvalue weighted by Gasteiger charge is -2.30. The fourth-order valence-corrected chi connectivity index (χ4v) is 1.35. The predicted octanol–water partition coefficient (Wildman–Crippen LogP) is 3.31. The molecule has 1 aromatic rings. The summed E-state index contributed by atoms with van der Waals surface area (Å²) in [4.78, 5) is 4.08. The molecule has 2 atom stereocenters. The van der Waals surface area contributed by atoms with Crippen molar-refractivity contribution in [3.63, 3.8) is 0 Å². The molecule has 2 nitrogen and oxygen atoms in total. The molecule has 0 bridgehead atoms. The van der Waals surface area contributed by atoms with E-state index in [4.69, 9.17) is 0 Å². The average molecular weight is 224 g/mol. The number of aromatic nitrogens is 1. The quantitative estimate of drug-likeness (QED) is 0.852. The summed E-state index contributed by atoms with van der Waals surface area (Å²) in [7, 11) is 0. The van der Waals surface area contributed by atoms with E-state index in [9.17, 15) is 4.39 Å². The van der Waals surface area contributed by atoms with Gasteiger partial charge in [0, 0.05) is 12.1 Å². The minimum absolute atomic E-state index is 0.134. The highest BCUT2D eigenvalue weighted by molar-refractivity contribution is 5.09. The van der Waals surface area contributed by atoms with Crippen molar-refractivity contribution < 1.29 is 4.39 Å². The molecule has 0 aliphatic heterocycles. The summed E-state index contributed by atoms with van der Waals surface area (Å²) in [5, 5.41) is 3.47. The summed E-state index contributed by atoms with van der Waals surface area (Å²) < 4.78 is 12.7. The van der Waals surface area contributed by atoms with Crippen LogP contribution in [-0.4, -0.2) is 11.0 Å². The normalized spacial score (nSPS) is 15.9. The summed E-state index contributed by atoms with van der Waals surface area (Å²) in [6.45, 7) is 10.8. The van der Waals surface area contributed by atoms with E-state index >= 15 is 0 Å². The van der Waals surface area contributed by atoms with Crippen LogP contribution >= 0.6 is 0 Å². The molecule has 0 spiro atoms. The van der Waals surface area contributed by atoms with Crippen LogP contribution in [0.25, 0.3) is 0 Å². The number of hydrogen-bond acceptors (Lipinski definition) is 2. The van der Waals surface area contributed by atoms with E-state index < -0.39 is 0 Å². The van der Waals surface area contributed by atoms with Gasteiger partial charge in [0.1, 0.15) is 5.82 Å². The first-order valence-corrected chi connectivity index (χ1v) is 5.68. The molecule has 0 saturated heterocycles. The van der Waals surface area contributed by atoms with Crippen molar-refractivity contribution in [3.8, 4) is 0 Å². The largest absolute Gasteiger partial charge is 0.306 e. The Kier molecular flexibility index (Phi) is 4.03. The second-order valence-electron chi connectivity index (χ2n) is 5.38. The van der Waals surface area contributed by atoms with Crippen molar-refractivity contribution in [1.29, 1.82) is 0 Å². The Morgan fingerprint density at radius 1 is 1.25 bits per heavy atom. The van der Waals surface area contributed by atoms with Crippen LogP contribution in [0.3, 0.4) is 0 Å². The first-order valence-electron chi connectivity index (χ1n) is 5.68. The molecule has 0 aromatic carbocycles. The van der Waals surface area contributed by atoms with E-state index in [-0.39, 0.29) is 17.3 Å². The first-order chi connectivity index (χ1) is 7.30. The summed E-state index contributed by atoms with van der Waals surface area (Å²) in [6, 6.07) is 3.68. The summed E-state index contributed by atoms with van der Waals surface area (Å²) >= 11 is 0. The van der Waals surface area contributed by atoms with Crippen molar-refractivity contribution in [2.75, 3.05) is 0 Å². The number of halogens is 1. The molecule has 2 unspecified atom stereocenters. The zero-order valence-electron chi connectivity index (χ0n) is 10.7. The maximum absolute atomic E-state index is 12.7. The predicted molar refractivity (Wildman–Crippen MR) is 64.7 cm³/mol. The number of nitrogens with one attached hydrogen (secondary N) is 1. The van der Waals surface area contributed by atoms with Gasteiger partial charge >= 0.3 is 0 Å². The van der Waals surface area contributed by atoms with E-state index in [2.05, 4.69) is 38.0 Å². The van der Waals surface area contributed by atoms with Gasteiger partial charge in [-0.15, -0.1) is 0 Å². The van der Waals surface area contributed by atoms with Gasteiger partial charge in [0.25, 0.3) is 0 Å². The van der Waals surface area contributed by atoms with Crippen molar-refractivity contribution in [2.45, 2.75) is 46.7 Å². The van der Waals surface area contributed by atoms with Crippen molar-refractivity contribution >= 4 is 0 Å². The maximum Gasteiger partial charge on any atom is 0.141 e. The molecule has 0 radical (unpaired) electrons. The molecule has 1 N–H and O–H groups in total. The van der Waals surface area contributed by atoms with Gasteiger partial charge in [-0.25, -0.2) is 4.39 Å². The second-order valence-corrected chi connectivity index (χ2v) is 5.38. The van der Waals surface area contributed by atoms with Gasteiger partial charge in [-0.3, -0.25) is 4.98 Å². The van der Waals surface area contributed by atoms with Crippen molar-refractivity contribution in [3.05, 3.63) is 29.8 Å². The molecule has 1 heterocycles. The van der Waals surface area contributed by atoms with Gasteiger partial charge in [-0.1, -0.05) is 20.8 Å². The lowest BCUT2D eigenvalue weighted by atomic mass is 9.87. The molecule has 1 rings (SSSR count). The fourth-order valence-electron chi connectivity index (χ4n) is 1.35. The Balaban J connectivity index is 2.65. The Bertz CT molecular complexity index is 327. The van der Waals surface area contributed by atoms with E-state index in [1.165, 1.54) is 12.3 Å². The SMILES string of the molecule is CC(NC(C)C(C)(C)C)c1ccc(F)cn1. The van der Waals surface area contributed by atoms with Crippen molar-refractivity contribution in [2.24, 2.45) is 5.41 Å². The van der Waals surface area contributed by atoms with Crippen LogP contribution in [0.5, 0.6) is 0 Å². The summed E-state index contributed by atoms with van der Waals surface area (Å²) in [5.41, 5.74) is 1.08. The molecule has 0 aliphatic rings. The fraction of sp³-hybridized carbons (Fsp3) is 0.615. The van der Waals surface area contributed by atoms with Crippen LogP contribution in [0.1, 0.15) is 46.4 Å². The van der Waals surface area contributed by atoms with E-state index in [1.807, 2.05) is 6.92 Å². The van der Waals surface area contributed by atoms with Gasteiger partial charge in [0.2, 0.25) is 0 Å². The summed E-state index contributed by atoms with van der Waals surface area (Å²) in [5.74, 6) is -0.292. The summed E-state index contributed by atoms with van der Waals surface area (Å²) in [6.07, 6.45) is 1.26. The highest BCUT2D eigenvalue weighted by Gasteiger charge is 2.22. The van der Waals surface area contributed by atoms with Crippen LogP contribution in [0.15, 0.2) is 18.3 Å². The lowest BCUT2D eigenvalue weighted by molar-refractivity contribution is 0.267. The van der Waals surface area contributed by atoms with Crippen LogP contribution in [0, 0.1) is 11.2 Å². The van der Waals surface area contributed by atoms with Crippen molar-refractivity contribution in [1.82, 2.24) is 10.3 Å². The number of rotatable bonds is 3. The molecular formula is C13H21FN2. The number of nitrogens with zero attached hydrogens (tertiary/aromatic N) is 1. The zero-order valence-corrected chi connectivity index (χ0v) is 10.7. The minimum atomic E-state index is -0.292. The molecule has 0 saturated carbocycles. The highest BCUT2D eigenvalue weighted by atomic mass is 19.1. The lowest BCUT2D eigenvalue weighted by Crippen LogP contribution is -2.39. The molecular weight excluding hydrogens is 203 g/mol. The Hall–Kier alpha value is -0.960. The third kappa shape index (κ3) is 3.56. The van der Waals surface area contributed by atoms with Gasteiger partial charge in [0.05, 0.1) is 11.9 Å². The van der Waals surface area contributed by atoms with Crippen LogP contribution in [0.4, 0.5) is 4.39 Å². The highest BCUT2D eigenvalue weighted by Crippen LogP contribution is 2.21. The van der Waals surface area contributed by atoms with Crippen LogP contribution in [0.2, 0.25) is 0 Å². The third-order valence-corrected chi connectivity index (χ3v) is 2.99. The van der Waals surface area contributed by atoms with Crippen LogP contribution < -0.4 is 5.32 Å². The Morgan fingerprint density at radius 3 is 2.31 bits per heavy atom. The standard InChI is InChI=1S/C13H21FN2/c1-9(16-10(2)13(3,4)5)12-7-6-11(14)8-15-12/h6-10,16H,1-5H3. The number of hydrogen-bond donors (Lipinski definition) is 1. The first kappa shape index (κ1) is 13.1. The molecule has 0 fully saturated rings. The topological polar surface area (TPSA) is 24.9 Å². The third-order valence-electron chi connectivity index (χ3n) is 2.99. The Labute approximate surface area is 97.3 Å². The second kappa shape index (κ2) is 4.91. The van der Waals surface area contributed by atoms with Crippen LogP contribution in [-0.2, 0) is 0 Å². The average Bonchev–Trinajstić information content (AvgIpc) is 2.17. The molecule has 0 amide bonds. The smallest absolute Gasteiger partial charge is 0.141 e. The van der Waals surface area contributed by atoms with Gasteiger partial charge in [-0.2, -0.15) is 0 Å². The van der Waals surface area contributed by atoms with Gasteiger partial charge in [-0.05, 0) is 31.4 Å². The monoisotopic (exact) mass is 224 g/mol. The Morgan fingerprint density at radius 2 is 1.88 bits per heavy atom. The van der Waals surface area contributed by atoms with Gasteiger partial charge in [0.15, 0.2) is 0 Å². The molecule has 90 valence electrons. The minimum Gasteiger partial charge on any atom is -0.306 e. The molecule has 3 heteroatoms. The van der Waals surface area contributed by atoms with E-state index in [0.29, 0.717) is 6.04 Å². The maximum atomic E-state index is 12.7. The van der Waals surface area contributed by atoms with Gasteiger partial charge < -0.3 is 5.32 Å². The molecule has 1 aromatic heterocycles. The number of pyridine rings is 1. The van der Waals surface area contributed by atoms with E-state index in [1.54, 1.807) is 6.07 Å².